The molecular formula is C8H14OS. The summed E-state index contributed by atoms with van der Waals surface area (Å²) in [6.45, 7) is 2.18. The Morgan fingerprint density at radius 3 is 3.10 bits per heavy atom. The summed E-state index contributed by atoms with van der Waals surface area (Å²) in [5, 5.41) is 0.645. The number of carbonyl (C=O) groups is 1. The van der Waals surface area contributed by atoms with Crippen molar-refractivity contribution in [3.8, 4) is 0 Å². The van der Waals surface area contributed by atoms with E-state index in [-0.39, 0.29) is 0 Å². The van der Waals surface area contributed by atoms with Gasteiger partial charge in [-0.05, 0) is 6.42 Å². The molecule has 0 bridgehead atoms. The zero-order valence-electron chi connectivity index (χ0n) is 6.43. The largest absolute Gasteiger partial charge is 0.300 e. The molecule has 1 atom stereocenters. The van der Waals surface area contributed by atoms with Crippen molar-refractivity contribution in [1.29, 1.82) is 0 Å². The van der Waals surface area contributed by atoms with E-state index in [1.54, 1.807) is 0 Å². The molecule has 0 N–H and O–H groups in total. The van der Waals surface area contributed by atoms with Gasteiger partial charge in [-0.1, -0.05) is 13.3 Å². The topological polar surface area (TPSA) is 17.1 Å². The van der Waals surface area contributed by atoms with Gasteiger partial charge in [0.2, 0.25) is 0 Å². The van der Waals surface area contributed by atoms with Gasteiger partial charge < -0.3 is 0 Å². The van der Waals surface area contributed by atoms with E-state index in [4.69, 9.17) is 0 Å². The van der Waals surface area contributed by atoms with Crippen molar-refractivity contribution in [2.24, 2.45) is 0 Å². The molecule has 0 amide bonds. The summed E-state index contributed by atoms with van der Waals surface area (Å²) in [6.07, 6.45) is 4.07. The first kappa shape index (κ1) is 8.12. The van der Waals surface area contributed by atoms with E-state index in [1.807, 2.05) is 11.8 Å². The molecule has 1 fully saturated rings. The highest BCUT2D eigenvalue weighted by Crippen LogP contribution is 2.26. The van der Waals surface area contributed by atoms with Gasteiger partial charge >= 0.3 is 0 Å². The third-order valence-corrected chi connectivity index (χ3v) is 3.11. The quantitative estimate of drug-likeness (QED) is 0.613. The molecule has 0 radical (unpaired) electrons. The number of Topliss-reactive ketones (excluding diaryl/α,β-unsaturated/α-hetero) is 1. The highest BCUT2D eigenvalue weighted by Gasteiger charge is 2.18. The lowest BCUT2D eigenvalue weighted by Crippen LogP contribution is -2.17. The van der Waals surface area contributed by atoms with Gasteiger partial charge in [0.25, 0.3) is 0 Å². The predicted molar refractivity (Wildman–Crippen MR) is 45.4 cm³/mol. The second kappa shape index (κ2) is 4.02. The monoisotopic (exact) mass is 158 g/mol. The Morgan fingerprint density at radius 2 is 2.50 bits per heavy atom. The molecule has 0 spiro atoms. The molecule has 0 aromatic heterocycles. The van der Waals surface area contributed by atoms with Gasteiger partial charge in [0.05, 0.1) is 0 Å². The molecule has 0 aromatic rings. The molecule has 1 unspecified atom stereocenters. The maximum Gasteiger partial charge on any atom is 0.134 e. The second-order valence-electron chi connectivity index (χ2n) is 2.77. The van der Waals surface area contributed by atoms with E-state index >= 15 is 0 Å². The van der Waals surface area contributed by atoms with Crippen molar-refractivity contribution in [2.45, 2.75) is 37.9 Å². The summed E-state index contributed by atoms with van der Waals surface area (Å²) in [4.78, 5) is 10.9. The van der Waals surface area contributed by atoms with Crippen LogP contribution in [0.1, 0.15) is 32.6 Å². The Balaban J connectivity index is 2.25. The number of carbonyl (C=O) groups excluding carboxylic acids is 1. The van der Waals surface area contributed by atoms with E-state index in [0.29, 0.717) is 11.0 Å². The number of thioether (sulfide) groups is 1. The van der Waals surface area contributed by atoms with Crippen LogP contribution in [0.3, 0.4) is 0 Å². The lowest BCUT2D eigenvalue weighted by Gasteiger charge is -2.19. The average Bonchev–Trinajstić information content (AvgIpc) is 1.88. The first-order chi connectivity index (χ1) is 4.83. The molecule has 58 valence electrons. The van der Waals surface area contributed by atoms with Crippen LogP contribution in [0.5, 0.6) is 0 Å². The first-order valence-corrected chi connectivity index (χ1v) is 5.01. The summed E-state index contributed by atoms with van der Waals surface area (Å²) in [5.41, 5.74) is 0. The number of hydrogen-bond acceptors (Lipinski definition) is 2. The van der Waals surface area contributed by atoms with Crippen molar-refractivity contribution in [3.05, 3.63) is 0 Å². The van der Waals surface area contributed by atoms with Crippen molar-refractivity contribution in [1.82, 2.24) is 0 Å². The fourth-order valence-corrected chi connectivity index (χ4v) is 2.65. The van der Waals surface area contributed by atoms with Crippen molar-refractivity contribution in [3.63, 3.8) is 0 Å². The molecule has 0 aromatic carbocycles. The summed E-state index contributed by atoms with van der Waals surface area (Å²) >= 11 is 1.97. The van der Waals surface area contributed by atoms with Crippen molar-refractivity contribution >= 4 is 17.5 Å². The molecule has 1 saturated heterocycles. The molecule has 1 aliphatic rings. The summed E-state index contributed by atoms with van der Waals surface area (Å²) in [5.74, 6) is 1.53. The third kappa shape index (κ3) is 2.33. The maximum atomic E-state index is 10.9. The highest BCUT2D eigenvalue weighted by atomic mass is 32.2. The van der Waals surface area contributed by atoms with Crippen LogP contribution in [-0.2, 0) is 4.79 Å². The van der Waals surface area contributed by atoms with Crippen LogP contribution in [0, 0.1) is 0 Å². The smallest absolute Gasteiger partial charge is 0.134 e. The minimum absolute atomic E-state index is 0.470. The van der Waals surface area contributed by atoms with E-state index in [9.17, 15) is 4.79 Å². The molecule has 0 aliphatic carbocycles. The molecular weight excluding hydrogens is 144 g/mol. The van der Waals surface area contributed by atoms with Crippen LogP contribution in [0.2, 0.25) is 0 Å². The Kier molecular flexibility index (Phi) is 3.26. The highest BCUT2D eigenvalue weighted by molar-refractivity contribution is 8.00. The van der Waals surface area contributed by atoms with E-state index in [1.165, 1.54) is 12.8 Å². The average molecular weight is 158 g/mol. The minimum atomic E-state index is 0.470. The molecule has 0 saturated carbocycles. The van der Waals surface area contributed by atoms with Gasteiger partial charge in [-0.15, -0.1) is 0 Å². The maximum absolute atomic E-state index is 10.9. The van der Waals surface area contributed by atoms with E-state index < -0.39 is 0 Å². The van der Waals surface area contributed by atoms with Crippen LogP contribution in [-0.4, -0.2) is 16.8 Å². The van der Waals surface area contributed by atoms with E-state index in [0.717, 1.165) is 18.6 Å². The minimum Gasteiger partial charge on any atom is -0.300 e. The number of ketones is 1. The lowest BCUT2D eigenvalue weighted by molar-refractivity contribution is -0.118. The van der Waals surface area contributed by atoms with Gasteiger partial charge in [0.15, 0.2) is 0 Å². The van der Waals surface area contributed by atoms with Gasteiger partial charge in [0, 0.05) is 23.8 Å². The van der Waals surface area contributed by atoms with Crippen LogP contribution in [0.4, 0.5) is 0 Å². The standard InChI is InChI=1S/C8H14OS/c1-2-3-8-6-7(9)4-5-10-8/h8H,2-6H2,1H3. The summed E-state index contributed by atoms with van der Waals surface area (Å²) in [6, 6.07) is 0. The normalized spacial score (nSPS) is 26.9. The lowest BCUT2D eigenvalue weighted by atomic mass is 10.1. The van der Waals surface area contributed by atoms with Gasteiger partial charge in [-0.2, -0.15) is 11.8 Å². The van der Waals surface area contributed by atoms with Crippen LogP contribution in [0.25, 0.3) is 0 Å². The van der Waals surface area contributed by atoms with Crippen LogP contribution in [0.15, 0.2) is 0 Å². The molecule has 1 heterocycles. The third-order valence-electron chi connectivity index (χ3n) is 1.80. The second-order valence-corrected chi connectivity index (χ2v) is 4.18. The zero-order chi connectivity index (χ0) is 7.40. The van der Waals surface area contributed by atoms with Crippen molar-refractivity contribution in [2.75, 3.05) is 5.75 Å². The summed E-state index contributed by atoms with van der Waals surface area (Å²) < 4.78 is 0. The molecule has 1 nitrogen and oxygen atoms in total. The van der Waals surface area contributed by atoms with Gasteiger partial charge in [-0.3, -0.25) is 4.79 Å². The van der Waals surface area contributed by atoms with Crippen LogP contribution < -0.4 is 0 Å². The molecule has 2 heteroatoms. The Hall–Kier alpha value is 0.0200. The van der Waals surface area contributed by atoms with E-state index in [2.05, 4.69) is 6.92 Å². The van der Waals surface area contributed by atoms with Crippen LogP contribution >= 0.6 is 11.8 Å². The fourth-order valence-electron chi connectivity index (χ4n) is 1.26. The molecule has 1 rings (SSSR count). The van der Waals surface area contributed by atoms with Crippen molar-refractivity contribution < 1.29 is 4.79 Å². The Labute approximate surface area is 66.6 Å². The van der Waals surface area contributed by atoms with Gasteiger partial charge in [-0.25, -0.2) is 0 Å². The number of rotatable bonds is 2. The summed E-state index contributed by atoms with van der Waals surface area (Å²) in [7, 11) is 0. The van der Waals surface area contributed by atoms with Gasteiger partial charge in [0.1, 0.15) is 5.78 Å². The SMILES string of the molecule is CCCC1CC(=O)CCS1. The fraction of sp³-hybridized carbons (Fsp3) is 0.875. The molecule has 10 heavy (non-hydrogen) atoms. The predicted octanol–water partition coefficient (Wildman–Crippen LogP) is 2.25. The number of hydrogen-bond donors (Lipinski definition) is 0. The Morgan fingerprint density at radius 1 is 1.70 bits per heavy atom. The first-order valence-electron chi connectivity index (χ1n) is 3.96. The molecule has 1 aliphatic heterocycles. The Bertz CT molecular complexity index is 120. The zero-order valence-corrected chi connectivity index (χ0v) is 7.25.